The van der Waals surface area contributed by atoms with Crippen molar-refractivity contribution < 1.29 is 17.6 Å². The highest BCUT2D eigenvalue weighted by molar-refractivity contribution is 7.91. The van der Waals surface area contributed by atoms with Gasteiger partial charge >= 0.3 is 16.2 Å². The quantitative estimate of drug-likeness (QED) is 0.605. The maximum absolute atomic E-state index is 14.3. The van der Waals surface area contributed by atoms with Crippen molar-refractivity contribution in [2.24, 2.45) is 7.05 Å². The Balaban J connectivity index is 1.86. The van der Waals surface area contributed by atoms with Crippen LogP contribution >= 0.6 is 11.3 Å². The molecule has 2 aromatic rings. The molecular formula is C21H33FN6O3S2. The normalized spacial score (nSPS) is 19.8. The van der Waals surface area contributed by atoms with E-state index in [-0.39, 0.29) is 30.5 Å². The van der Waals surface area contributed by atoms with Crippen LogP contribution in [0.15, 0.2) is 18.5 Å². The summed E-state index contributed by atoms with van der Waals surface area (Å²) in [6, 6.07) is 0.340. The summed E-state index contributed by atoms with van der Waals surface area (Å²) in [6.45, 7) is 8.74. The number of amides is 2. The summed E-state index contributed by atoms with van der Waals surface area (Å²) in [4.78, 5) is 16.6. The summed E-state index contributed by atoms with van der Waals surface area (Å²) >= 11 is 1.60. The Kier molecular flexibility index (Phi) is 7.69. The molecule has 1 aliphatic heterocycles. The molecule has 0 aliphatic carbocycles. The van der Waals surface area contributed by atoms with Gasteiger partial charge in [0.25, 0.3) is 0 Å². The lowest BCUT2D eigenvalue weighted by molar-refractivity contribution is 0.148. The second-order valence-electron chi connectivity index (χ2n) is 9.17. The monoisotopic (exact) mass is 500 g/mol. The SMILES string of the molecule is CC(C)c1cc(NC(=O)NS(=O)(=O)N(c2cnn(C)c2)[C@@H]2CC(F)CN(C)C2)c(C(C)C)s1. The summed E-state index contributed by atoms with van der Waals surface area (Å²) in [5.41, 5.74) is 0.867. The van der Waals surface area contributed by atoms with Crippen molar-refractivity contribution in [3.63, 3.8) is 0 Å². The molecule has 0 bridgehead atoms. The molecule has 2 aromatic heterocycles. The lowest BCUT2D eigenvalue weighted by Crippen LogP contribution is -2.56. The van der Waals surface area contributed by atoms with Crippen molar-refractivity contribution in [1.82, 2.24) is 19.4 Å². The number of nitrogens with zero attached hydrogens (tertiary/aromatic N) is 4. The Bertz CT molecular complexity index is 1070. The number of aromatic nitrogens is 2. The molecule has 0 spiro atoms. The van der Waals surface area contributed by atoms with Gasteiger partial charge in [-0.15, -0.1) is 11.3 Å². The number of nitrogens with one attached hydrogen (secondary N) is 2. The first-order valence-corrected chi connectivity index (χ1v) is 13.2. The standard InChI is InChI=1S/C21H33FN6O3S2/c1-13(2)19-8-18(20(32-19)14(3)4)24-21(29)25-33(30,31)28(17-9-23-27(6)12-17)16-7-15(22)10-26(5)11-16/h8-9,12-16H,7,10-11H2,1-6H3,(H2,24,25,29)/t15?,16-/m1/s1. The number of urea groups is 1. The van der Waals surface area contributed by atoms with Crippen LogP contribution in [0, 0.1) is 0 Å². The van der Waals surface area contributed by atoms with Gasteiger partial charge in [0.1, 0.15) is 6.17 Å². The van der Waals surface area contributed by atoms with Crippen LogP contribution in [0.5, 0.6) is 0 Å². The Morgan fingerprint density at radius 2 is 1.94 bits per heavy atom. The number of aryl methyl sites for hydroxylation is 1. The van der Waals surface area contributed by atoms with Crippen molar-refractivity contribution in [2.75, 3.05) is 29.8 Å². The van der Waals surface area contributed by atoms with Crippen LogP contribution in [0.3, 0.4) is 0 Å². The maximum atomic E-state index is 14.3. The lowest BCUT2D eigenvalue weighted by atomic mass is 10.0. The predicted molar refractivity (Wildman–Crippen MR) is 130 cm³/mol. The van der Waals surface area contributed by atoms with Crippen LogP contribution in [-0.4, -0.2) is 61.5 Å². The zero-order valence-electron chi connectivity index (χ0n) is 19.9. The average molecular weight is 501 g/mol. The summed E-state index contributed by atoms with van der Waals surface area (Å²) in [6.07, 6.45) is 1.78. The smallest absolute Gasteiger partial charge is 0.306 e. The number of piperidine rings is 1. The minimum Gasteiger partial charge on any atom is -0.306 e. The lowest BCUT2D eigenvalue weighted by Gasteiger charge is -2.38. The van der Waals surface area contributed by atoms with Gasteiger partial charge in [-0.25, -0.2) is 18.2 Å². The Morgan fingerprint density at radius 3 is 2.48 bits per heavy atom. The molecule has 1 unspecified atom stereocenters. The largest absolute Gasteiger partial charge is 0.334 e. The van der Waals surface area contributed by atoms with E-state index >= 15 is 0 Å². The highest BCUT2D eigenvalue weighted by Crippen LogP contribution is 2.37. The molecular weight excluding hydrogens is 467 g/mol. The van der Waals surface area contributed by atoms with Gasteiger partial charge in [0.05, 0.1) is 23.6 Å². The van der Waals surface area contributed by atoms with Crippen molar-refractivity contribution in [2.45, 2.75) is 58.2 Å². The third-order valence-electron chi connectivity index (χ3n) is 5.44. The van der Waals surface area contributed by atoms with Crippen molar-refractivity contribution >= 4 is 39.0 Å². The first-order chi connectivity index (χ1) is 15.4. The molecule has 33 heavy (non-hydrogen) atoms. The molecule has 2 N–H and O–H groups in total. The zero-order valence-corrected chi connectivity index (χ0v) is 21.5. The minimum absolute atomic E-state index is 0.0293. The fourth-order valence-electron chi connectivity index (χ4n) is 4.00. The van der Waals surface area contributed by atoms with Gasteiger partial charge in [-0.3, -0.25) is 4.68 Å². The molecule has 2 atom stereocenters. The molecule has 1 saturated heterocycles. The van der Waals surface area contributed by atoms with Crippen LogP contribution in [0.25, 0.3) is 0 Å². The predicted octanol–water partition coefficient (Wildman–Crippen LogP) is 3.64. The first kappa shape index (κ1) is 25.4. The third-order valence-corrected chi connectivity index (χ3v) is 8.65. The number of hydrogen-bond acceptors (Lipinski definition) is 6. The van der Waals surface area contributed by atoms with E-state index in [0.717, 1.165) is 14.1 Å². The van der Waals surface area contributed by atoms with Gasteiger partial charge in [0.15, 0.2) is 0 Å². The summed E-state index contributed by atoms with van der Waals surface area (Å²) in [7, 11) is -0.941. The number of hydrogen-bond donors (Lipinski definition) is 2. The van der Waals surface area contributed by atoms with E-state index in [9.17, 15) is 17.6 Å². The molecule has 3 rings (SSSR count). The Hall–Kier alpha value is -2.18. The Morgan fingerprint density at radius 1 is 1.24 bits per heavy atom. The van der Waals surface area contributed by atoms with E-state index < -0.39 is 28.5 Å². The Labute approximate surface area is 199 Å². The molecule has 0 saturated carbocycles. The number of alkyl halides is 1. The highest BCUT2D eigenvalue weighted by atomic mass is 32.2. The summed E-state index contributed by atoms with van der Waals surface area (Å²) < 4.78 is 45.7. The van der Waals surface area contributed by atoms with Crippen LogP contribution in [0.1, 0.15) is 55.7 Å². The summed E-state index contributed by atoms with van der Waals surface area (Å²) in [5.74, 6) is 0.452. The van der Waals surface area contributed by atoms with Gasteiger partial charge in [-0.05, 0) is 24.9 Å². The van der Waals surface area contributed by atoms with Crippen LogP contribution < -0.4 is 14.3 Å². The minimum atomic E-state index is -4.34. The second-order valence-corrected chi connectivity index (χ2v) is 11.8. The van der Waals surface area contributed by atoms with Gasteiger partial charge in [-0.2, -0.15) is 13.5 Å². The molecule has 0 radical (unpaired) electrons. The fourth-order valence-corrected chi connectivity index (χ4v) is 6.43. The van der Waals surface area contributed by atoms with Gasteiger partial charge < -0.3 is 10.2 Å². The number of rotatable bonds is 7. The fraction of sp³-hybridized carbons (Fsp3) is 0.619. The molecule has 3 heterocycles. The van der Waals surface area contributed by atoms with Gasteiger partial charge in [0, 0.05) is 42.5 Å². The number of halogens is 1. The van der Waals surface area contributed by atoms with E-state index in [0.29, 0.717) is 12.2 Å². The van der Waals surface area contributed by atoms with Crippen LogP contribution in [0.4, 0.5) is 20.6 Å². The molecule has 12 heteroatoms. The number of likely N-dealkylation sites (N-methyl/N-ethyl adjacent to an activating group) is 1. The molecule has 1 fully saturated rings. The average Bonchev–Trinajstić information content (AvgIpc) is 3.27. The van der Waals surface area contributed by atoms with Crippen molar-refractivity contribution in [3.05, 3.63) is 28.2 Å². The second kappa shape index (κ2) is 9.98. The molecule has 1 aliphatic rings. The molecule has 0 aromatic carbocycles. The van der Waals surface area contributed by atoms with Gasteiger partial charge in [0.2, 0.25) is 0 Å². The van der Waals surface area contributed by atoms with E-state index in [1.54, 1.807) is 30.3 Å². The highest BCUT2D eigenvalue weighted by Gasteiger charge is 2.37. The maximum Gasteiger partial charge on any atom is 0.334 e. The third kappa shape index (κ3) is 6.04. The topological polar surface area (TPSA) is 99.6 Å². The van der Waals surface area contributed by atoms with Crippen molar-refractivity contribution in [3.8, 4) is 0 Å². The number of anilines is 2. The van der Waals surface area contributed by atoms with Crippen molar-refractivity contribution in [1.29, 1.82) is 0 Å². The van der Waals surface area contributed by atoms with E-state index in [1.165, 1.54) is 17.1 Å². The zero-order chi connectivity index (χ0) is 24.5. The molecule has 9 nitrogen and oxygen atoms in total. The number of carbonyl (C=O) groups is 1. The summed E-state index contributed by atoms with van der Waals surface area (Å²) in [5, 5.41) is 6.76. The number of thiophene rings is 1. The molecule has 2 amide bonds. The molecule has 184 valence electrons. The first-order valence-electron chi connectivity index (χ1n) is 11.0. The van der Waals surface area contributed by atoms with Crippen LogP contribution in [-0.2, 0) is 17.3 Å². The number of carbonyl (C=O) groups excluding carboxylic acids is 1. The van der Waals surface area contributed by atoms with E-state index in [1.807, 2.05) is 19.9 Å². The number of likely N-dealkylation sites (tertiary alicyclic amines) is 1. The van der Waals surface area contributed by atoms with E-state index in [4.69, 9.17) is 0 Å². The van der Waals surface area contributed by atoms with Crippen LogP contribution in [0.2, 0.25) is 0 Å². The van der Waals surface area contributed by atoms with E-state index in [2.05, 4.69) is 29.0 Å². The van der Waals surface area contributed by atoms with Gasteiger partial charge in [-0.1, -0.05) is 27.7 Å².